The minimum absolute atomic E-state index is 0.307. The third kappa shape index (κ3) is 3.11. The largest absolute Gasteiger partial charge is 0.465 e. The maximum Gasteiger partial charge on any atom is 0.118 e. The Hall–Kier alpha value is -0.800. The summed E-state index contributed by atoms with van der Waals surface area (Å²) in [4.78, 5) is 2.42. The molecule has 2 atom stereocenters. The van der Waals surface area contributed by atoms with Gasteiger partial charge in [-0.2, -0.15) is 0 Å². The van der Waals surface area contributed by atoms with Gasteiger partial charge in [0.1, 0.15) is 11.5 Å². The fourth-order valence-corrected chi connectivity index (χ4v) is 2.53. The molecule has 1 fully saturated rings. The molecule has 1 aromatic rings. The van der Waals surface area contributed by atoms with Crippen LogP contribution < -0.4 is 0 Å². The molecule has 1 aliphatic rings. The van der Waals surface area contributed by atoms with Gasteiger partial charge in [0.05, 0.1) is 6.54 Å². The van der Waals surface area contributed by atoms with Crippen LogP contribution in [0.1, 0.15) is 38.2 Å². The van der Waals surface area contributed by atoms with Crippen molar-refractivity contribution < 1.29 is 9.52 Å². The average Bonchev–Trinajstić information content (AvgIpc) is 2.80. The lowest BCUT2D eigenvalue weighted by Gasteiger charge is -2.36. The van der Waals surface area contributed by atoms with Crippen LogP contribution in [0.2, 0.25) is 0 Å². The van der Waals surface area contributed by atoms with Crippen molar-refractivity contribution in [1.82, 2.24) is 4.90 Å². The number of furan rings is 1. The van der Waals surface area contributed by atoms with Gasteiger partial charge in [0.2, 0.25) is 0 Å². The minimum atomic E-state index is 0.307. The van der Waals surface area contributed by atoms with Gasteiger partial charge in [0.25, 0.3) is 0 Å². The minimum Gasteiger partial charge on any atom is -0.465 e. The van der Waals surface area contributed by atoms with Gasteiger partial charge < -0.3 is 9.52 Å². The molecule has 1 aliphatic heterocycles. The second-order valence-electron chi connectivity index (χ2n) is 5.13. The van der Waals surface area contributed by atoms with Crippen molar-refractivity contribution >= 4 is 0 Å². The molecule has 17 heavy (non-hydrogen) atoms. The third-order valence-corrected chi connectivity index (χ3v) is 3.79. The summed E-state index contributed by atoms with van der Waals surface area (Å²) in [6.07, 6.45) is 3.27. The van der Waals surface area contributed by atoms with Crippen LogP contribution in [0.15, 0.2) is 16.5 Å². The fourth-order valence-electron chi connectivity index (χ4n) is 2.53. The normalized spacial score (nSPS) is 26.3. The zero-order valence-electron chi connectivity index (χ0n) is 10.9. The molecule has 2 rings (SSSR count). The van der Waals surface area contributed by atoms with E-state index in [4.69, 9.17) is 4.42 Å². The van der Waals surface area contributed by atoms with Crippen LogP contribution in [0, 0.1) is 5.92 Å². The standard InChI is InChI=1S/C14H23NO2/c1-3-13-6-7-14(17-13)9-15-8-12(10-16)5-4-11(15)2/h6-7,11-12,16H,3-5,8-10H2,1-2H3. The van der Waals surface area contributed by atoms with E-state index in [2.05, 4.69) is 30.9 Å². The first-order valence-corrected chi connectivity index (χ1v) is 6.65. The van der Waals surface area contributed by atoms with Gasteiger partial charge in [0.15, 0.2) is 0 Å². The van der Waals surface area contributed by atoms with E-state index >= 15 is 0 Å². The molecular weight excluding hydrogens is 214 g/mol. The Kier molecular flexibility index (Phi) is 4.24. The predicted octanol–water partition coefficient (Wildman–Crippen LogP) is 2.43. The van der Waals surface area contributed by atoms with Crippen LogP contribution in [0.3, 0.4) is 0 Å². The number of rotatable bonds is 4. The Morgan fingerprint density at radius 1 is 1.35 bits per heavy atom. The predicted molar refractivity (Wildman–Crippen MR) is 67.8 cm³/mol. The van der Waals surface area contributed by atoms with Crippen LogP contribution >= 0.6 is 0 Å². The molecule has 3 nitrogen and oxygen atoms in total. The van der Waals surface area contributed by atoms with Crippen molar-refractivity contribution in [3.8, 4) is 0 Å². The summed E-state index contributed by atoms with van der Waals surface area (Å²) in [5.41, 5.74) is 0. The second-order valence-corrected chi connectivity index (χ2v) is 5.13. The quantitative estimate of drug-likeness (QED) is 0.873. The van der Waals surface area contributed by atoms with Crippen molar-refractivity contribution in [1.29, 1.82) is 0 Å². The first-order chi connectivity index (χ1) is 8.22. The summed E-state index contributed by atoms with van der Waals surface area (Å²) >= 11 is 0. The van der Waals surface area contributed by atoms with Crippen LogP contribution in [0.4, 0.5) is 0 Å². The van der Waals surface area contributed by atoms with E-state index in [1.807, 2.05) is 0 Å². The van der Waals surface area contributed by atoms with Gasteiger partial charge in [-0.25, -0.2) is 0 Å². The van der Waals surface area contributed by atoms with Crippen LogP contribution in [-0.4, -0.2) is 29.2 Å². The summed E-state index contributed by atoms with van der Waals surface area (Å²) in [5.74, 6) is 2.54. The van der Waals surface area contributed by atoms with Crippen LogP contribution in [-0.2, 0) is 13.0 Å². The highest BCUT2D eigenvalue weighted by molar-refractivity contribution is 5.07. The monoisotopic (exact) mass is 237 g/mol. The van der Waals surface area contributed by atoms with Crippen molar-refractivity contribution in [3.05, 3.63) is 23.7 Å². The molecule has 0 aromatic carbocycles. The Morgan fingerprint density at radius 2 is 2.12 bits per heavy atom. The van der Waals surface area contributed by atoms with Crippen molar-refractivity contribution in [2.75, 3.05) is 13.2 Å². The van der Waals surface area contributed by atoms with E-state index in [1.54, 1.807) is 0 Å². The number of likely N-dealkylation sites (tertiary alicyclic amines) is 1. The number of aryl methyl sites for hydroxylation is 1. The molecule has 0 radical (unpaired) electrons. The zero-order valence-corrected chi connectivity index (χ0v) is 10.9. The van der Waals surface area contributed by atoms with Crippen LogP contribution in [0.25, 0.3) is 0 Å². The van der Waals surface area contributed by atoms with Crippen molar-refractivity contribution in [2.24, 2.45) is 5.92 Å². The van der Waals surface area contributed by atoms with Gasteiger partial charge >= 0.3 is 0 Å². The summed E-state index contributed by atoms with van der Waals surface area (Å²) in [6, 6.07) is 4.73. The Morgan fingerprint density at radius 3 is 2.76 bits per heavy atom. The Labute approximate surface area is 103 Å². The van der Waals surface area contributed by atoms with Crippen LogP contribution in [0.5, 0.6) is 0 Å². The Bertz CT molecular complexity index is 348. The molecule has 2 heterocycles. The van der Waals surface area contributed by atoms with Crippen molar-refractivity contribution in [2.45, 2.75) is 45.7 Å². The number of hydrogen-bond acceptors (Lipinski definition) is 3. The summed E-state index contributed by atoms with van der Waals surface area (Å²) in [6.45, 7) is 6.53. The maximum absolute atomic E-state index is 9.25. The Balaban J connectivity index is 1.96. The SMILES string of the molecule is CCc1ccc(CN2CC(CO)CCC2C)o1. The number of piperidine rings is 1. The van der Waals surface area contributed by atoms with Gasteiger partial charge in [-0.3, -0.25) is 4.90 Å². The molecule has 1 N–H and O–H groups in total. The number of aliphatic hydroxyl groups is 1. The first kappa shape index (κ1) is 12.7. The topological polar surface area (TPSA) is 36.6 Å². The van der Waals surface area contributed by atoms with E-state index in [9.17, 15) is 5.11 Å². The van der Waals surface area contributed by atoms with E-state index in [1.165, 1.54) is 6.42 Å². The van der Waals surface area contributed by atoms with E-state index in [-0.39, 0.29) is 0 Å². The average molecular weight is 237 g/mol. The smallest absolute Gasteiger partial charge is 0.118 e. The third-order valence-electron chi connectivity index (χ3n) is 3.79. The van der Waals surface area contributed by atoms with E-state index < -0.39 is 0 Å². The fraction of sp³-hybridized carbons (Fsp3) is 0.714. The maximum atomic E-state index is 9.25. The van der Waals surface area contributed by atoms with E-state index in [0.29, 0.717) is 18.6 Å². The van der Waals surface area contributed by atoms with Gasteiger partial charge in [-0.05, 0) is 37.8 Å². The number of aliphatic hydroxyl groups excluding tert-OH is 1. The van der Waals surface area contributed by atoms with Gasteiger partial charge in [-0.15, -0.1) is 0 Å². The molecule has 0 amide bonds. The lowest BCUT2D eigenvalue weighted by atomic mass is 9.94. The highest BCUT2D eigenvalue weighted by Gasteiger charge is 2.25. The molecular formula is C14H23NO2. The first-order valence-electron chi connectivity index (χ1n) is 6.65. The summed E-state index contributed by atoms with van der Waals surface area (Å²) in [5, 5.41) is 9.25. The van der Waals surface area contributed by atoms with Gasteiger partial charge in [-0.1, -0.05) is 6.92 Å². The number of hydrogen-bond donors (Lipinski definition) is 1. The molecule has 1 saturated heterocycles. The molecule has 3 heteroatoms. The van der Waals surface area contributed by atoms with Crippen molar-refractivity contribution in [3.63, 3.8) is 0 Å². The van der Waals surface area contributed by atoms with Gasteiger partial charge in [0, 0.05) is 25.6 Å². The molecule has 0 saturated carbocycles. The molecule has 0 spiro atoms. The molecule has 0 aliphatic carbocycles. The summed E-state index contributed by atoms with van der Waals surface area (Å²) in [7, 11) is 0. The molecule has 1 aromatic heterocycles. The van der Waals surface area contributed by atoms with E-state index in [0.717, 1.165) is 37.5 Å². The molecule has 2 unspecified atom stereocenters. The molecule has 96 valence electrons. The molecule has 0 bridgehead atoms. The number of nitrogens with zero attached hydrogens (tertiary/aromatic N) is 1. The highest BCUT2D eigenvalue weighted by Crippen LogP contribution is 2.23. The highest BCUT2D eigenvalue weighted by atomic mass is 16.3. The second kappa shape index (κ2) is 5.69. The zero-order chi connectivity index (χ0) is 12.3. The lowest BCUT2D eigenvalue weighted by Crippen LogP contribution is -2.42. The lowest BCUT2D eigenvalue weighted by molar-refractivity contribution is 0.0716. The summed E-state index contributed by atoms with van der Waals surface area (Å²) < 4.78 is 5.75.